The highest BCUT2D eigenvalue weighted by Gasteiger charge is 2.31. The van der Waals surface area contributed by atoms with E-state index < -0.39 is 0 Å². The Bertz CT molecular complexity index is 479. The zero-order chi connectivity index (χ0) is 13.9. The molecule has 0 unspecified atom stereocenters. The third kappa shape index (κ3) is 3.01. The minimum absolute atomic E-state index is 0.400. The maximum atomic E-state index is 8.99. The fraction of sp³-hybridized carbons (Fsp3) is 0.600. The van der Waals surface area contributed by atoms with Gasteiger partial charge >= 0.3 is 0 Å². The zero-order valence-electron chi connectivity index (χ0n) is 11.6. The summed E-state index contributed by atoms with van der Waals surface area (Å²) in [4.78, 5) is 6.59. The first-order valence-corrected chi connectivity index (χ1v) is 7.33. The first kappa shape index (κ1) is 14.1. The van der Waals surface area contributed by atoms with Crippen LogP contribution < -0.4 is 4.90 Å². The van der Waals surface area contributed by atoms with E-state index >= 15 is 0 Å². The highest BCUT2D eigenvalue weighted by molar-refractivity contribution is 6.29. The number of nitrogens with zero attached hydrogens (tertiary/aromatic N) is 3. The van der Waals surface area contributed by atoms with Crippen LogP contribution in [0.5, 0.6) is 0 Å². The molecule has 0 atom stereocenters. The van der Waals surface area contributed by atoms with Gasteiger partial charge in [-0.2, -0.15) is 5.26 Å². The van der Waals surface area contributed by atoms with Crippen molar-refractivity contribution in [3.63, 3.8) is 0 Å². The van der Waals surface area contributed by atoms with E-state index in [0.717, 1.165) is 18.9 Å². The van der Waals surface area contributed by atoms with Crippen LogP contribution in [-0.2, 0) is 0 Å². The fourth-order valence-electron chi connectivity index (χ4n) is 2.88. The largest absolute Gasteiger partial charge is 0.356 e. The summed E-state index contributed by atoms with van der Waals surface area (Å²) in [5, 5.41) is 9.39. The number of halogens is 1. The molecule has 0 aliphatic carbocycles. The van der Waals surface area contributed by atoms with Crippen LogP contribution in [-0.4, -0.2) is 18.1 Å². The van der Waals surface area contributed by atoms with Crippen molar-refractivity contribution >= 4 is 17.4 Å². The van der Waals surface area contributed by atoms with Gasteiger partial charge in [-0.25, -0.2) is 4.98 Å². The Morgan fingerprint density at radius 2 is 1.95 bits per heavy atom. The number of hydrogen-bond acceptors (Lipinski definition) is 3. The Hall–Kier alpha value is -1.27. The Morgan fingerprint density at radius 3 is 2.47 bits per heavy atom. The van der Waals surface area contributed by atoms with Crippen LogP contribution >= 0.6 is 11.6 Å². The van der Waals surface area contributed by atoms with E-state index in [2.05, 4.69) is 29.8 Å². The van der Waals surface area contributed by atoms with Gasteiger partial charge in [0.2, 0.25) is 0 Å². The smallest absolute Gasteiger partial charge is 0.132 e. The summed E-state index contributed by atoms with van der Waals surface area (Å²) in [5.41, 5.74) is 1.07. The van der Waals surface area contributed by atoms with Gasteiger partial charge in [-0.05, 0) is 30.4 Å². The average Bonchev–Trinajstić information content (AvgIpc) is 2.46. The SMILES string of the molecule is CCC1(CC)CCN(c2cc(C#N)cc(Cl)n2)CC1. The average molecular weight is 278 g/mol. The van der Waals surface area contributed by atoms with E-state index in [1.54, 1.807) is 6.07 Å². The topological polar surface area (TPSA) is 39.9 Å². The summed E-state index contributed by atoms with van der Waals surface area (Å²) in [6, 6.07) is 5.57. The fourth-order valence-corrected chi connectivity index (χ4v) is 3.08. The molecule has 1 fully saturated rings. The molecule has 0 radical (unpaired) electrons. The van der Waals surface area contributed by atoms with Gasteiger partial charge in [0, 0.05) is 13.1 Å². The molecule has 1 aliphatic rings. The molecule has 0 bridgehead atoms. The summed E-state index contributed by atoms with van der Waals surface area (Å²) in [7, 11) is 0. The number of pyridine rings is 1. The second-order valence-corrected chi connectivity index (χ2v) is 5.73. The molecular weight excluding hydrogens is 258 g/mol. The Morgan fingerprint density at radius 1 is 1.32 bits per heavy atom. The van der Waals surface area contributed by atoms with Crippen molar-refractivity contribution in [2.45, 2.75) is 39.5 Å². The van der Waals surface area contributed by atoms with Crippen molar-refractivity contribution in [1.82, 2.24) is 4.98 Å². The standard InChI is InChI=1S/C15H20ClN3/c1-3-15(4-2)5-7-19(8-6-15)14-10-12(11-17)9-13(16)18-14/h9-10H,3-8H2,1-2H3. The van der Waals surface area contributed by atoms with E-state index in [1.165, 1.54) is 25.7 Å². The number of piperidine rings is 1. The molecule has 1 saturated heterocycles. The van der Waals surface area contributed by atoms with E-state index in [4.69, 9.17) is 16.9 Å². The molecule has 102 valence electrons. The van der Waals surface area contributed by atoms with Gasteiger partial charge in [-0.3, -0.25) is 0 Å². The number of hydrogen-bond donors (Lipinski definition) is 0. The van der Waals surface area contributed by atoms with Gasteiger partial charge in [0.1, 0.15) is 11.0 Å². The predicted octanol–water partition coefficient (Wildman–Crippen LogP) is 4.01. The first-order chi connectivity index (χ1) is 9.12. The van der Waals surface area contributed by atoms with E-state index in [-0.39, 0.29) is 0 Å². The van der Waals surface area contributed by atoms with Crippen molar-refractivity contribution < 1.29 is 0 Å². The maximum absolute atomic E-state index is 8.99. The molecule has 1 aromatic heterocycles. The summed E-state index contributed by atoms with van der Waals surface area (Å²) < 4.78 is 0. The predicted molar refractivity (Wildman–Crippen MR) is 78.4 cm³/mol. The van der Waals surface area contributed by atoms with Crippen LogP contribution in [0, 0.1) is 16.7 Å². The normalized spacial score (nSPS) is 18.1. The van der Waals surface area contributed by atoms with Gasteiger partial charge < -0.3 is 4.90 Å². The molecule has 4 heteroatoms. The van der Waals surface area contributed by atoms with Crippen molar-refractivity contribution in [2.75, 3.05) is 18.0 Å². The molecule has 0 spiro atoms. The van der Waals surface area contributed by atoms with Crippen LogP contribution in [0.2, 0.25) is 5.15 Å². The van der Waals surface area contributed by atoms with Gasteiger partial charge in [0.15, 0.2) is 0 Å². The Kier molecular flexibility index (Phi) is 4.31. The van der Waals surface area contributed by atoms with Crippen molar-refractivity contribution in [2.24, 2.45) is 5.41 Å². The lowest BCUT2D eigenvalue weighted by molar-refractivity contribution is 0.199. The molecule has 0 saturated carbocycles. The minimum Gasteiger partial charge on any atom is -0.356 e. The molecule has 2 rings (SSSR count). The lowest BCUT2D eigenvalue weighted by Gasteiger charge is -2.41. The van der Waals surface area contributed by atoms with Crippen LogP contribution in [0.15, 0.2) is 12.1 Å². The Labute approximate surface area is 120 Å². The third-order valence-electron chi connectivity index (χ3n) is 4.56. The molecule has 1 aliphatic heterocycles. The molecule has 3 nitrogen and oxygen atoms in total. The first-order valence-electron chi connectivity index (χ1n) is 6.95. The molecule has 0 N–H and O–H groups in total. The summed E-state index contributed by atoms with van der Waals surface area (Å²) in [6.07, 6.45) is 4.86. The molecule has 0 aromatic carbocycles. The zero-order valence-corrected chi connectivity index (χ0v) is 12.4. The number of aromatic nitrogens is 1. The maximum Gasteiger partial charge on any atom is 0.132 e. The van der Waals surface area contributed by atoms with Gasteiger partial charge in [0.25, 0.3) is 0 Å². The molecule has 19 heavy (non-hydrogen) atoms. The van der Waals surface area contributed by atoms with Crippen molar-refractivity contribution in [3.05, 3.63) is 22.8 Å². The van der Waals surface area contributed by atoms with Crippen LogP contribution in [0.25, 0.3) is 0 Å². The minimum atomic E-state index is 0.400. The summed E-state index contributed by atoms with van der Waals surface area (Å²) in [5.74, 6) is 0.838. The van der Waals surface area contributed by atoms with E-state index in [0.29, 0.717) is 16.1 Å². The number of nitriles is 1. The highest BCUT2D eigenvalue weighted by atomic mass is 35.5. The van der Waals surface area contributed by atoms with Crippen LogP contribution in [0.3, 0.4) is 0 Å². The van der Waals surface area contributed by atoms with Crippen molar-refractivity contribution in [1.29, 1.82) is 5.26 Å². The molecule has 2 heterocycles. The third-order valence-corrected chi connectivity index (χ3v) is 4.75. The second-order valence-electron chi connectivity index (χ2n) is 5.34. The van der Waals surface area contributed by atoms with Crippen LogP contribution in [0.4, 0.5) is 5.82 Å². The van der Waals surface area contributed by atoms with Gasteiger partial charge in [-0.1, -0.05) is 38.3 Å². The number of rotatable bonds is 3. The lowest BCUT2D eigenvalue weighted by Crippen LogP contribution is -2.40. The van der Waals surface area contributed by atoms with E-state index in [9.17, 15) is 0 Å². The number of anilines is 1. The second kappa shape index (κ2) is 5.79. The van der Waals surface area contributed by atoms with Gasteiger partial charge in [-0.15, -0.1) is 0 Å². The van der Waals surface area contributed by atoms with Gasteiger partial charge in [0.05, 0.1) is 11.6 Å². The highest BCUT2D eigenvalue weighted by Crippen LogP contribution is 2.38. The quantitative estimate of drug-likeness (QED) is 0.784. The molecular formula is C15H20ClN3. The monoisotopic (exact) mass is 277 g/mol. The Balaban J connectivity index is 2.14. The summed E-state index contributed by atoms with van der Waals surface area (Å²) >= 11 is 5.97. The molecule has 1 aromatic rings. The van der Waals surface area contributed by atoms with Crippen LogP contribution in [0.1, 0.15) is 45.1 Å². The summed E-state index contributed by atoms with van der Waals surface area (Å²) in [6.45, 7) is 6.56. The van der Waals surface area contributed by atoms with E-state index in [1.807, 2.05) is 6.07 Å². The lowest BCUT2D eigenvalue weighted by atomic mass is 9.74. The van der Waals surface area contributed by atoms with Crippen molar-refractivity contribution in [3.8, 4) is 6.07 Å². The molecule has 0 amide bonds.